The molecule has 0 fully saturated rings. The molecule has 0 aromatic carbocycles. The summed E-state index contributed by atoms with van der Waals surface area (Å²) in [5.74, 6) is 0.238. The number of nitrogens with two attached hydrogens (primary N) is 1. The normalized spacial score (nSPS) is 12.7. The van der Waals surface area contributed by atoms with Crippen molar-refractivity contribution in [2.75, 3.05) is 25.4 Å². The first-order valence-corrected chi connectivity index (χ1v) is 6.09. The highest BCUT2D eigenvalue weighted by Gasteiger charge is 2.13. The molecule has 0 aliphatic rings. The average Bonchev–Trinajstić information content (AvgIpc) is 2.29. The van der Waals surface area contributed by atoms with Crippen molar-refractivity contribution in [2.24, 2.45) is 0 Å². The Morgan fingerprint density at radius 3 is 2.88 bits per heavy atom. The molecule has 17 heavy (non-hydrogen) atoms. The number of alkyl halides is 1. The summed E-state index contributed by atoms with van der Waals surface area (Å²) in [5.41, 5.74) is 5.40. The second-order valence-electron chi connectivity index (χ2n) is 3.02. The molecule has 96 valence electrons. The van der Waals surface area contributed by atoms with E-state index in [9.17, 15) is 4.39 Å². The van der Waals surface area contributed by atoms with Crippen LogP contribution >= 0.6 is 8.38 Å². The summed E-state index contributed by atoms with van der Waals surface area (Å²) in [7, 11) is -2.20. The Bertz CT molecular complexity index is 344. The van der Waals surface area contributed by atoms with Crippen molar-refractivity contribution < 1.29 is 23.7 Å². The lowest BCUT2D eigenvalue weighted by molar-refractivity contribution is 0.0232. The molecular formula is C8H13FN3O4P. The van der Waals surface area contributed by atoms with Crippen LogP contribution in [0.3, 0.4) is 0 Å². The van der Waals surface area contributed by atoms with Crippen LogP contribution in [0.15, 0.2) is 12.3 Å². The molecule has 1 aromatic heterocycles. The fraction of sp³-hybridized carbons (Fsp3) is 0.500. The number of hydrogen-bond acceptors (Lipinski definition) is 7. The second kappa shape index (κ2) is 7.29. The molecule has 1 unspecified atom stereocenters. The molecule has 0 bridgehead atoms. The maximum absolute atomic E-state index is 12.5. The van der Waals surface area contributed by atoms with Gasteiger partial charge < -0.3 is 25.0 Å². The van der Waals surface area contributed by atoms with Crippen LogP contribution in [0.5, 0.6) is 6.01 Å². The Morgan fingerprint density at radius 1 is 1.53 bits per heavy atom. The van der Waals surface area contributed by atoms with E-state index in [-0.39, 0.29) is 24.8 Å². The van der Waals surface area contributed by atoms with E-state index in [0.717, 1.165) is 0 Å². The van der Waals surface area contributed by atoms with Gasteiger partial charge in [0.1, 0.15) is 31.6 Å². The maximum atomic E-state index is 12.5. The number of ether oxygens (including phenoxy) is 2. The second-order valence-corrected chi connectivity index (χ2v) is 4.02. The van der Waals surface area contributed by atoms with Crippen molar-refractivity contribution >= 4 is 14.2 Å². The van der Waals surface area contributed by atoms with Gasteiger partial charge in [0, 0.05) is 6.20 Å². The minimum absolute atomic E-state index is 0.0160. The van der Waals surface area contributed by atoms with Gasteiger partial charge in [-0.1, -0.05) is 0 Å². The number of rotatable bonds is 7. The third kappa shape index (κ3) is 5.69. The van der Waals surface area contributed by atoms with E-state index < -0.39 is 21.2 Å². The lowest BCUT2D eigenvalue weighted by atomic mass is 10.4. The van der Waals surface area contributed by atoms with E-state index in [4.69, 9.17) is 25.0 Å². The fourth-order valence-corrected chi connectivity index (χ4v) is 1.24. The van der Waals surface area contributed by atoms with Crippen LogP contribution in [-0.4, -0.2) is 45.5 Å². The summed E-state index contributed by atoms with van der Waals surface area (Å²) in [4.78, 5) is 24.7. The summed E-state index contributed by atoms with van der Waals surface area (Å²) >= 11 is 0. The van der Waals surface area contributed by atoms with Crippen LogP contribution in [0.1, 0.15) is 0 Å². The van der Waals surface area contributed by atoms with Crippen LogP contribution in [0.2, 0.25) is 0 Å². The number of nitrogens with zero attached hydrogens (tertiary/aromatic N) is 2. The van der Waals surface area contributed by atoms with Crippen molar-refractivity contribution in [2.45, 2.75) is 6.10 Å². The molecule has 1 atom stereocenters. The van der Waals surface area contributed by atoms with Crippen LogP contribution in [0.25, 0.3) is 0 Å². The van der Waals surface area contributed by atoms with Crippen molar-refractivity contribution in [3.8, 4) is 6.01 Å². The molecule has 7 nitrogen and oxygen atoms in total. The number of hydrogen-bond donors (Lipinski definition) is 3. The van der Waals surface area contributed by atoms with Crippen LogP contribution in [0, 0.1) is 0 Å². The Hall–Kier alpha value is -1.08. The topological polar surface area (TPSA) is 111 Å². The average molecular weight is 265 g/mol. The zero-order chi connectivity index (χ0) is 12.7. The minimum Gasteiger partial charge on any atom is -0.461 e. The summed E-state index contributed by atoms with van der Waals surface area (Å²) in [6.45, 7) is -0.950. The van der Waals surface area contributed by atoms with E-state index in [1.165, 1.54) is 12.3 Å². The predicted octanol–water partition coefficient (Wildman–Crippen LogP) is 0.0463. The van der Waals surface area contributed by atoms with E-state index in [2.05, 4.69) is 9.97 Å². The quantitative estimate of drug-likeness (QED) is 0.597. The molecule has 9 heteroatoms. The highest BCUT2D eigenvalue weighted by Crippen LogP contribution is 2.23. The minimum atomic E-state index is -2.20. The van der Waals surface area contributed by atoms with Gasteiger partial charge in [0.05, 0.1) is 0 Å². The number of anilines is 1. The van der Waals surface area contributed by atoms with Crippen LogP contribution in [0.4, 0.5) is 10.2 Å². The van der Waals surface area contributed by atoms with Gasteiger partial charge in [0.25, 0.3) is 0 Å². The molecule has 0 spiro atoms. The highest BCUT2D eigenvalue weighted by atomic mass is 31.2. The van der Waals surface area contributed by atoms with Crippen molar-refractivity contribution in [3.63, 3.8) is 0 Å². The molecule has 1 rings (SSSR count). The van der Waals surface area contributed by atoms with Gasteiger partial charge in [-0.25, -0.2) is 9.37 Å². The molecule has 0 saturated carbocycles. The first-order valence-electron chi connectivity index (χ1n) is 4.66. The Kier molecular flexibility index (Phi) is 5.99. The Balaban J connectivity index is 2.37. The lowest BCUT2D eigenvalue weighted by Crippen LogP contribution is -2.24. The first-order chi connectivity index (χ1) is 8.11. The van der Waals surface area contributed by atoms with E-state index in [1.807, 2.05) is 0 Å². The smallest absolute Gasteiger partial charge is 0.318 e. The van der Waals surface area contributed by atoms with Gasteiger partial charge >= 0.3 is 6.01 Å². The monoisotopic (exact) mass is 265 g/mol. The van der Waals surface area contributed by atoms with Gasteiger partial charge in [0.15, 0.2) is 8.38 Å². The van der Waals surface area contributed by atoms with Gasteiger partial charge in [-0.15, -0.1) is 0 Å². The summed E-state index contributed by atoms with van der Waals surface area (Å²) in [6, 6.07) is 1.50. The fourth-order valence-electron chi connectivity index (χ4n) is 0.900. The summed E-state index contributed by atoms with van der Waals surface area (Å²) in [6.07, 6.45) is 0.179. The standard InChI is InChI=1S/C8H13FN3O4P/c9-3-6(16-5-17(13)14)4-15-8-11-2-1-7(10)12-8/h1-2,6,13-14H,3-5H2,(H2,10,11,12). The van der Waals surface area contributed by atoms with Crippen LogP contribution in [-0.2, 0) is 4.74 Å². The number of nitrogen functional groups attached to an aromatic ring is 1. The molecule has 0 aliphatic heterocycles. The molecule has 0 saturated heterocycles. The van der Waals surface area contributed by atoms with Crippen molar-refractivity contribution in [1.82, 2.24) is 9.97 Å². The zero-order valence-corrected chi connectivity index (χ0v) is 9.76. The third-order valence-electron chi connectivity index (χ3n) is 1.65. The largest absolute Gasteiger partial charge is 0.461 e. The van der Waals surface area contributed by atoms with E-state index in [1.54, 1.807) is 0 Å². The molecule has 0 amide bonds. The van der Waals surface area contributed by atoms with Gasteiger partial charge in [-0.2, -0.15) is 4.98 Å². The predicted molar refractivity (Wildman–Crippen MR) is 59.0 cm³/mol. The Morgan fingerprint density at radius 2 is 2.29 bits per heavy atom. The number of halogens is 1. The maximum Gasteiger partial charge on any atom is 0.318 e. The van der Waals surface area contributed by atoms with Gasteiger partial charge in [-0.05, 0) is 6.07 Å². The molecular weight excluding hydrogens is 252 g/mol. The summed E-state index contributed by atoms with van der Waals surface area (Å²) in [5, 5.41) is 0. The first kappa shape index (κ1) is 14.0. The molecule has 0 radical (unpaired) electrons. The van der Waals surface area contributed by atoms with E-state index >= 15 is 0 Å². The lowest BCUT2D eigenvalue weighted by Gasteiger charge is -2.14. The van der Waals surface area contributed by atoms with Gasteiger partial charge in [0.2, 0.25) is 0 Å². The molecule has 1 heterocycles. The number of aromatic nitrogens is 2. The SMILES string of the molecule is Nc1ccnc(OCC(CF)OCP(O)O)n1. The Labute approximate surface area is 98.3 Å². The van der Waals surface area contributed by atoms with Crippen LogP contribution < -0.4 is 10.5 Å². The third-order valence-corrected chi connectivity index (χ3v) is 2.03. The molecule has 4 N–H and O–H groups in total. The van der Waals surface area contributed by atoms with Gasteiger partial charge in [-0.3, -0.25) is 0 Å². The van der Waals surface area contributed by atoms with Crippen molar-refractivity contribution in [3.05, 3.63) is 12.3 Å². The zero-order valence-electron chi connectivity index (χ0n) is 8.86. The van der Waals surface area contributed by atoms with Crippen molar-refractivity contribution in [1.29, 1.82) is 0 Å². The molecule has 0 aliphatic carbocycles. The molecule has 1 aromatic rings. The highest BCUT2D eigenvalue weighted by molar-refractivity contribution is 7.44. The summed E-state index contributed by atoms with van der Waals surface area (Å²) < 4.78 is 22.4. The van der Waals surface area contributed by atoms with E-state index in [0.29, 0.717) is 0 Å².